The van der Waals surface area contributed by atoms with Gasteiger partial charge in [-0.2, -0.15) is 0 Å². The molecule has 108 valence electrons. The van der Waals surface area contributed by atoms with Crippen molar-refractivity contribution < 1.29 is 9.18 Å². The van der Waals surface area contributed by atoms with Crippen LogP contribution in [0.3, 0.4) is 0 Å². The quantitative estimate of drug-likeness (QED) is 0.627. The van der Waals surface area contributed by atoms with Gasteiger partial charge < -0.3 is 11.1 Å². The highest BCUT2D eigenvalue weighted by Crippen LogP contribution is 2.28. The van der Waals surface area contributed by atoms with Crippen LogP contribution in [0.1, 0.15) is 15.9 Å². The van der Waals surface area contributed by atoms with Gasteiger partial charge in [-0.1, -0.05) is 0 Å². The molecule has 3 aromatic rings. The van der Waals surface area contributed by atoms with Gasteiger partial charge in [-0.15, -0.1) is 0 Å². The molecule has 4 N–H and O–H groups in total. The number of rotatable bonds is 1. The predicted molar refractivity (Wildman–Crippen MR) is 77.5 cm³/mol. The van der Waals surface area contributed by atoms with E-state index in [-0.39, 0.29) is 23.0 Å². The number of halogens is 1. The molecule has 0 unspecified atom stereocenters. The largest absolute Gasteiger partial charge is 0.383 e. The number of anilines is 1. The third kappa shape index (κ3) is 1.54. The fourth-order valence-corrected chi connectivity index (χ4v) is 2.54. The highest BCUT2D eigenvalue weighted by Gasteiger charge is 2.31. The van der Waals surface area contributed by atoms with E-state index in [1.807, 2.05) is 0 Å². The van der Waals surface area contributed by atoms with Crippen LogP contribution in [-0.2, 0) is 0 Å². The molecule has 0 bridgehead atoms. The van der Waals surface area contributed by atoms with Gasteiger partial charge in [0.2, 0.25) is 0 Å². The summed E-state index contributed by atoms with van der Waals surface area (Å²) in [5.74, 6) is -0.823. The summed E-state index contributed by atoms with van der Waals surface area (Å²) in [6.45, 7) is 0. The van der Waals surface area contributed by atoms with Crippen molar-refractivity contribution in [2.24, 2.45) is 0 Å². The monoisotopic (exact) mass is 296 g/mol. The highest BCUT2D eigenvalue weighted by molar-refractivity contribution is 6.28. The minimum atomic E-state index is -0.455. The van der Waals surface area contributed by atoms with E-state index in [1.54, 1.807) is 16.7 Å². The van der Waals surface area contributed by atoms with E-state index in [0.29, 0.717) is 22.4 Å². The molecule has 0 atom stereocenters. The number of fused-ring (bicyclic) bond motifs is 3. The third-order valence-electron chi connectivity index (χ3n) is 3.53. The van der Waals surface area contributed by atoms with Crippen molar-refractivity contribution in [2.45, 2.75) is 0 Å². The topological polar surface area (TPSA) is 110 Å². The summed E-state index contributed by atoms with van der Waals surface area (Å²) in [5, 5.41) is 10.3. The first-order valence-corrected chi connectivity index (χ1v) is 6.39. The Balaban J connectivity index is 2.04. The number of amidine groups is 1. The summed E-state index contributed by atoms with van der Waals surface area (Å²) < 4.78 is 14.7. The number of carbonyl (C=O) groups excluding carboxylic acids is 1. The van der Waals surface area contributed by atoms with Gasteiger partial charge in [-0.05, 0) is 24.3 Å². The molecule has 22 heavy (non-hydrogen) atoms. The Hall–Kier alpha value is -3.29. The number of aromatic nitrogens is 3. The summed E-state index contributed by atoms with van der Waals surface area (Å²) in [4.78, 5) is 20.3. The van der Waals surface area contributed by atoms with Crippen molar-refractivity contribution >= 4 is 28.7 Å². The molecular formula is C14H9FN6O. The van der Waals surface area contributed by atoms with E-state index in [9.17, 15) is 9.18 Å². The number of benzene rings is 1. The number of amides is 1. The second-order valence-corrected chi connectivity index (χ2v) is 4.84. The van der Waals surface area contributed by atoms with Gasteiger partial charge in [0.25, 0.3) is 5.91 Å². The zero-order valence-electron chi connectivity index (χ0n) is 11.1. The van der Waals surface area contributed by atoms with E-state index in [1.165, 1.54) is 18.5 Å². The highest BCUT2D eigenvalue weighted by atomic mass is 19.1. The summed E-state index contributed by atoms with van der Waals surface area (Å²) in [6, 6.07) is 5.81. The maximum Gasteiger partial charge on any atom is 0.261 e. The van der Waals surface area contributed by atoms with E-state index in [4.69, 9.17) is 11.1 Å². The number of nitrogens with one attached hydrogen (secondary N) is 2. The summed E-state index contributed by atoms with van der Waals surface area (Å²) in [5.41, 5.74) is 7.82. The molecule has 0 saturated carbocycles. The second kappa shape index (κ2) is 4.10. The van der Waals surface area contributed by atoms with Crippen molar-refractivity contribution in [1.82, 2.24) is 19.9 Å². The van der Waals surface area contributed by atoms with Crippen LogP contribution in [0.2, 0.25) is 0 Å². The lowest BCUT2D eigenvalue weighted by Crippen LogP contribution is -2.20. The Morgan fingerprint density at radius 1 is 1.23 bits per heavy atom. The molecule has 1 aliphatic heterocycles. The Labute approximate surface area is 123 Å². The van der Waals surface area contributed by atoms with Gasteiger partial charge in [-0.25, -0.2) is 14.4 Å². The maximum absolute atomic E-state index is 13.0. The minimum Gasteiger partial charge on any atom is -0.383 e. The molecule has 3 heterocycles. The zero-order valence-corrected chi connectivity index (χ0v) is 11.1. The molecule has 1 aromatic carbocycles. The summed E-state index contributed by atoms with van der Waals surface area (Å²) >= 11 is 0. The number of pyridine rings is 1. The SMILES string of the molecule is N=C1NC(=O)c2c(N)nc3c(ncn3-c3ccc(F)cc3)c21. The standard InChI is InChI=1S/C14H9FN6O/c15-6-1-3-7(4-2-6)21-5-18-10-8-9(12(17)19-13(10)21)14(22)20-11(8)16/h1-5H,(H2,17,19)(H2,16,20,22). The van der Waals surface area contributed by atoms with Crippen molar-refractivity contribution in [3.8, 4) is 5.69 Å². The molecule has 1 aliphatic rings. The second-order valence-electron chi connectivity index (χ2n) is 4.84. The van der Waals surface area contributed by atoms with Crippen LogP contribution in [0.25, 0.3) is 16.9 Å². The normalized spacial score (nSPS) is 13.5. The molecule has 8 heteroatoms. The van der Waals surface area contributed by atoms with Crippen LogP contribution in [0.4, 0.5) is 10.2 Å². The number of nitrogens with two attached hydrogens (primary N) is 1. The molecule has 1 amide bonds. The molecule has 0 fully saturated rings. The van der Waals surface area contributed by atoms with Crippen LogP contribution in [0, 0.1) is 11.2 Å². The predicted octanol–water partition coefficient (Wildman–Crippen LogP) is 1.21. The summed E-state index contributed by atoms with van der Waals surface area (Å²) in [7, 11) is 0. The number of carbonyl (C=O) groups is 1. The Morgan fingerprint density at radius 3 is 2.68 bits per heavy atom. The Kier molecular flexibility index (Phi) is 2.32. The van der Waals surface area contributed by atoms with E-state index in [0.717, 1.165) is 0 Å². The van der Waals surface area contributed by atoms with E-state index >= 15 is 0 Å². The fraction of sp³-hybridized carbons (Fsp3) is 0. The first-order valence-electron chi connectivity index (χ1n) is 6.39. The molecule has 0 radical (unpaired) electrons. The van der Waals surface area contributed by atoms with Gasteiger partial charge >= 0.3 is 0 Å². The average molecular weight is 296 g/mol. The minimum absolute atomic E-state index is 0.0334. The van der Waals surface area contributed by atoms with E-state index in [2.05, 4.69) is 15.3 Å². The fourth-order valence-electron chi connectivity index (χ4n) is 2.54. The van der Waals surface area contributed by atoms with Gasteiger partial charge in [0.15, 0.2) is 5.65 Å². The van der Waals surface area contributed by atoms with Crippen molar-refractivity contribution in [3.05, 3.63) is 47.5 Å². The molecule has 4 rings (SSSR count). The smallest absolute Gasteiger partial charge is 0.261 e. The molecular weight excluding hydrogens is 287 g/mol. The van der Waals surface area contributed by atoms with Crippen molar-refractivity contribution in [2.75, 3.05) is 5.73 Å². The number of hydrogen-bond acceptors (Lipinski definition) is 5. The lowest BCUT2D eigenvalue weighted by molar-refractivity contribution is 0.0984. The van der Waals surface area contributed by atoms with Crippen molar-refractivity contribution in [3.63, 3.8) is 0 Å². The molecule has 7 nitrogen and oxygen atoms in total. The van der Waals surface area contributed by atoms with Gasteiger partial charge in [0.1, 0.15) is 29.3 Å². The number of nitrogens with zero attached hydrogens (tertiary/aromatic N) is 3. The Bertz CT molecular complexity index is 960. The van der Waals surface area contributed by atoms with Gasteiger partial charge in [-0.3, -0.25) is 14.8 Å². The van der Waals surface area contributed by atoms with E-state index < -0.39 is 5.91 Å². The zero-order chi connectivity index (χ0) is 15.4. The Morgan fingerprint density at radius 2 is 1.95 bits per heavy atom. The number of hydrogen-bond donors (Lipinski definition) is 3. The molecule has 0 saturated heterocycles. The lowest BCUT2D eigenvalue weighted by atomic mass is 10.1. The van der Waals surface area contributed by atoms with Crippen LogP contribution in [0.5, 0.6) is 0 Å². The third-order valence-corrected chi connectivity index (χ3v) is 3.53. The summed E-state index contributed by atoms with van der Waals surface area (Å²) in [6.07, 6.45) is 1.50. The van der Waals surface area contributed by atoms with Crippen LogP contribution in [-0.4, -0.2) is 26.3 Å². The average Bonchev–Trinajstić information content (AvgIpc) is 3.01. The van der Waals surface area contributed by atoms with Crippen LogP contribution in [0.15, 0.2) is 30.6 Å². The molecule has 0 spiro atoms. The van der Waals surface area contributed by atoms with Crippen LogP contribution >= 0.6 is 0 Å². The number of imidazole rings is 1. The number of nitrogen functional groups attached to an aromatic ring is 1. The van der Waals surface area contributed by atoms with Gasteiger partial charge in [0.05, 0.1) is 11.1 Å². The van der Waals surface area contributed by atoms with Crippen molar-refractivity contribution in [1.29, 1.82) is 5.41 Å². The first kappa shape index (κ1) is 12.5. The molecule has 0 aliphatic carbocycles. The molecule has 2 aromatic heterocycles. The first-order chi connectivity index (χ1) is 10.6. The van der Waals surface area contributed by atoms with Gasteiger partial charge in [0, 0.05) is 5.69 Å². The van der Waals surface area contributed by atoms with Crippen LogP contribution < -0.4 is 11.1 Å². The maximum atomic E-state index is 13.0. The lowest BCUT2D eigenvalue weighted by Gasteiger charge is -2.06.